The molecule has 7 heteroatoms. The molecule has 4 aromatic rings. The average molecular weight is 480 g/mol. The van der Waals surface area contributed by atoms with Crippen LogP contribution in [-0.2, 0) is 4.79 Å². The number of aromatic nitrogens is 2. The zero-order valence-corrected chi connectivity index (χ0v) is 20.2. The van der Waals surface area contributed by atoms with Crippen LogP contribution in [0.3, 0.4) is 0 Å². The Morgan fingerprint density at radius 1 is 0.861 bits per heavy atom. The number of hydrogen-bond acceptors (Lipinski definition) is 6. The van der Waals surface area contributed by atoms with Crippen molar-refractivity contribution >= 4 is 28.8 Å². The second kappa shape index (κ2) is 10.9. The number of methoxy groups -OCH3 is 1. The van der Waals surface area contributed by atoms with Gasteiger partial charge in [-0.1, -0.05) is 18.2 Å². The van der Waals surface area contributed by atoms with Crippen LogP contribution in [0.4, 0.5) is 22.9 Å². The van der Waals surface area contributed by atoms with Gasteiger partial charge in [-0.15, -0.1) is 10.2 Å². The van der Waals surface area contributed by atoms with Crippen molar-refractivity contribution in [3.8, 4) is 17.0 Å². The number of anilines is 4. The van der Waals surface area contributed by atoms with Crippen molar-refractivity contribution in [2.75, 3.05) is 35.7 Å². The van der Waals surface area contributed by atoms with Gasteiger partial charge in [-0.25, -0.2) is 0 Å². The van der Waals surface area contributed by atoms with Crippen molar-refractivity contribution in [3.05, 3.63) is 91.0 Å². The van der Waals surface area contributed by atoms with E-state index in [1.165, 1.54) is 0 Å². The zero-order chi connectivity index (χ0) is 24.7. The number of nitrogens with one attached hydrogen (secondary N) is 2. The first kappa shape index (κ1) is 23.4. The number of benzene rings is 3. The van der Waals surface area contributed by atoms with Gasteiger partial charge >= 0.3 is 0 Å². The van der Waals surface area contributed by atoms with Gasteiger partial charge in [-0.05, 0) is 85.6 Å². The van der Waals surface area contributed by atoms with Crippen LogP contribution in [0.1, 0.15) is 12.8 Å². The van der Waals surface area contributed by atoms with Crippen LogP contribution in [0.5, 0.6) is 5.75 Å². The summed E-state index contributed by atoms with van der Waals surface area (Å²) < 4.78 is 5.22. The summed E-state index contributed by atoms with van der Waals surface area (Å²) in [4.78, 5) is 15.2. The van der Waals surface area contributed by atoms with Gasteiger partial charge in [-0.2, -0.15) is 0 Å². The summed E-state index contributed by atoms with van der Waals surface area (Å²) in [6.07, 6.45) is 1.78. The van der Waals surface area contributed by atoms with Crippen molar-refractivity contribution in [3.63, 3.8) is 0 Å². The summed E-state index contributed by atoms with van der Waals surface area (Å²) in [5.41, 5.74) is 4.57. The van der Waals surface area contributed by atoms with Crippen LogP contribution in [0.25, 0.3) is 11.3 Å². The molecule has 5 rings (SSSR count). The molecule has 36 heavy (non-hydrogen) atoms. The van der Waals surface area contributed by atoms with Crippen molar-refractivity contribution < 1.29 is 9.53 Å². The summed E-state index contributed by atoms with van der Waals surface area (Å²) in [5, 5.41) is 15.3. The fourth-order valence-corrected chi connectivity index (χ4v) is 4.38. The quantitative estimate of drug-likeness (QED) is 0.351. The smallest absolute Gasteiger partial charge is 0.229 e. The molecule has 1 atom stereocenters. The Balaban J connectivity index is 1.18. The fourth-order valence-electron chi connectivity index (χ4n) is 4.38. The van der Waals surface area contributed by atoms with E-state index in [9.17, 15) is 4.79 Å². The van der Waals surface area contributed by atoms with Crippen molar-refractivity contribution in [1.29, 1.82) is 0 Å². The number of amides is 1. The van der Waals surface area contributed by atoms with E-state index in [1.807, 2.05) is 91.0 Å². The van der Waals surface area contributed by atoms with E-state index in [4.69, 9.17) is 4.74 Å². The van der Waals surface area contributed by atoms with E-state index >= 15 is 0 Å². The van der Waals surface area contributed by atoms with Crippen LogP contribution >= 0.6 is 0 Å². The molecule has 1 fully saturated rings. The molecule has 1 amide bonds. The topological polar surface area (TPSA) is 79.4 Å². The number of carbonyl (C=O) groups excluding carboxylic acids is 1. The Bertz CT molecular complexity index is 1280. The third kappa shape index (κ3) is 5.63. The van der Waals surface area contributed by atoms with E-state index in [0.717, 1.165) is 59.3 Å². The average Bonchev–Trinajstić information content (AvgIpc) is 2.95. The molecule has 1 unspecified atom stereocenters. The lowest BCUT2D eigenvalue weighted by atomic mass is 9.97. The van der Waals surface area contributed by atoms with Crippen LogP contribution in [0.2, 0.25) is 0 Å². The highest BCUT2D eigenvalue weighted by Gasteiger charge is 2.27. The molecule has 7 nitrogen and oxygen atoms in total. The number of piperidine rings is 1. The molecule has 0 bridgehead atoms. The predicted octanol–water partition coefficient (Wildman–Crippen LogP) is 5.75. The van der Waals surface area contributed by atoms with Crippen LogP contribution in [0, 0.1) is 5.92 Å². The molecule has 3 aromatic carbocycles. The van der Waals surface area contributed by atoms with Gasteiger partial charge in [0.2, 0.25) is 5.91 Å². The molecule has 2 heterocycles. The molecule has 0 radical (unpaired) electrons. The molecular weight excluding hydrogens is 450 g/mol. The molecular formula is C29H29N5O2. The van der Waals surface area contributed by atoms with Gasteiger partial charge < -0.3 is 20.3 Å². The summed E-state index contributed by atoms with van der Waals surface area (Å²) >= 11 is 0. The van der Waals surface area contributed by atoms with Gasteiger partial charge in [0.15, 0.2) is 5.82 Å². The Hall–Kier alpha value is -4.39. The standard InChI is InChI=1S/C29H29N5O2/c1-36-26-15-9-21(10-16-26)27-17-18-28(33-32-27)34-19-5-6-22(20-34)29(35)31-25-13-11-24(12-14-25)30-23-7-3-2-4-8-23/h2-4,7-18,22,30H,5-6,19-20H2,1H3,(H,31,35). The molecule has 1 aliphatic rings. The number of carbonyl (C=O) groups is 1. The maximum atomic E-state index is 13.0. The van der Waals surface area contributed by atoms with Gasteiger partial charge in [0.1, 0.15) is 5.75 Å². The van der Waals surface area contributed by atoms with Crippen LogP contribution in [0.15, 0.2) is 91.0 Å². The first-order valence-electron chi connectivity index (χ1n) is 12.1. The first-order valence-corrected chi connectivity index (χ1v) is 12.1. The number of nitrogens with zero attached hydrogens (tertiary/aromatic N) is 3. The van der Waals surface area contributed by atoms with Gasteiger partial charge in [-0.3, -0.25) is 4.79 Å². The molecule has 0 spiro atoms. The monoisotopic (exact) mass is 479 g/mol. The lowest BCUT2D eigenvalue weighted by Gasteiger charge is -2.32. The second-order valence-electron chi connectivity index (χ2n) is 8.85. The minimum atomic E-state index is -0.107. The summed E-state index contributed by atoms with van der Waals surface area (Å²) in [7, 11) is 1.65. The van der Waals surface area contributed by atoms with Gasteiger partial charge in [0.05, 0.1) is 18.7 Å². The number of ether oxygens (including phenoxy) is 1. The lowest BCUT2D eigenvalue weighted by Crippen LogP contribution is -2.41. The minimum absolute atomic E-state index is 0.0336. The third-order valence-corrected chi connectivity index (χ3v) is 6.37. The maximum absolute atomic E-state index is 13.0. The Kier molecular flexibility index (Phi) is 7.07. The van der Waals surface area contributed by atoms with E-state index in [1.54, 1.807) is 7.11 Å². The van der Waals surface area contributed by atoms with Crippen LogP contribution < -0.4 is 20.3 Å². The van der Waals surface area contributed by atoms with Gasteiger partial charge in [0.25, 0.3) is 0 Å². The molecule has 2 N–H and O–H groups in total. The van der Waals surface area contributed by atoms with E-state index in [0.29, 0.717) is 6.54 Å². The third-order valence-electron chi connectivity index (χ3n) is 6.37. The fraction of sp³-hybridized carbons (Fsp3) is 0.207. The zero-order valence-electron chi connectivity index (χ0n) is 20.2. The highest BCUT2D eigenvalue weighted by atomic mass is 16.5. The number of rotatable bonds is 7. The maximum Gasteiger partial charge on any atom is 0.229 e. The summed E-state index contributed by atoms with van der Waals surface area (Å²) in [6.45, 7) is 1.48. The van der Waals surface area contributed by atoms with Gasteiger partial charge in [0, 0.05) is 35.7 Å². The van der Waals surface area contributed by atoms with Crippen LogP contribution in [-0.4, -0.2) is 36.3 Å². The highest BCUT2D eigenvalue weighted by Crippen LogP contribution is 2.26. The Morgan fingerprint density at radius 2 is 1.58 bits per heavy atom. The largest absolute Gasteiger partial charge is 0.497 e. The first-order chi connectivity index (χ1) is 17.7. The van der Waals surface area contributed by atoms with Crippen molar-refractivity contribution in [1.82, 2.24) is 10.2 Å². The number of hydrogen-bond donors (Lipinski definition) is 2. The molecule has 1 aliphatic heterocycles. The second-order valence-corrected chi connectivity index (χ2v) is 8.85. The Morgan fingerprint density at radius 3 is 2.28 bits per heavy atom. The number of para-hydroxylation sites is 1. The summed E-state index contributed by atoms with van der Waals surface area (Å²) in [5.74, 6) is 1.53. The molecule has 0 saturated carbocycles. The lowest BCUT2D eigenvalue weighted by molar-refractivity contribution is -0.120. The summed E-state index contributed by atoms with van der Waals surface area (Å²) in [6, 6.07) is 29.5. The van der Waals surface area contributed by atoms with Crippen molar-refractivity contribution in [2.24, 2.45) is 5.92 Å². The normalized spacial score (nSPS) is 15.2. The predicted molar refractivity (Wildman–Crippen MR) is 144 cm³/mol. The molecule has 1 aromatic heterocycles. The van der Waals surface area contributed by atoms with E-state index in [-0.39, 0.29) is 11.8 Å². The molecule has 182 valence electrons. The minimum Gasteiger partial charge on any atom is -0.497 e. The SMILES string of the molecule is COc1ccc(-c2ccc(N3CCCC(C(=O)Nc4ccc(Nc5ccccc5)cc4)C3)nn2)cc1. The molecule has 1 saturated heterocycles. The highest BCUT2D eigenvalue weighted by molar-refractivity contribution is 5.93. The van der Waals surface area contributed by atoms with E-state index in [2.05, 4.69) is 25.7 Å². The Labute approximate surface area is 211 Å². The molecule has 0 aliphatic carbocycles. The van der Waals surface area contributed by atoms with E-state index < -0.39 is 0 Å². The van der Waals surface area contributed by atoms with Crippen molar-refractivity contribution in [2.45, 2.75) is 12.8 Å².